The predicted octanol–water partition coefficient (Wildman–Crippen LogP) is 11.6. The fourth-order valence-electron chi connectivity index (χ4n) is 7.50. The van der Waals surface area contributed by atoms with Gasteiger partial charge in [-0.05, 0) is 62.1 Å². The lowest BCUT2D eigenvalue weighted by molar-refractivity contribution is 0.299. The first-order chi connectivity index (χ1) is 22.8. The monoisotopic (exact) mass is 623 g/mol. The van der Waals surface area contributed by atoms with Crippen LogP contribution in [-0.4, -0.2) is 15.0 Å². The molecular weight excluding hydrogens is 591 g/mol. The first-order valence-corrected chi connectivity index (χ1v) is 17.0. The summed E-state index contributed by atoms with van der Waals surface area (Å²) < 4.78 is 2.49. The van der Waals surface area contributed by atoms with E-state index in [0.717, 1.165) is 22.1 Å². The third-order valence-corrected chi connectivity index (χ3v) is 11.8. The Morgan fingerprint density at radius 3 is 1.94 bits per heavy atom. The van der Waals surface area contributed by atoms with Gasteiger partial charge in [0.2, 0.25) is 0 Å². The van der Waals surface area contributed by atoms with Crippen LogP contribution < -0.4 is 0 Å². The quantitative estimate of drug-likeness (QED) is 0.197. The number of hydrogen-bond acceptors (Lipinski definition) is 4. The summed E-state index contributed by atoms with van der Waals surface area (Å²) in [7, 11) is 0. The van der Waals surface area contributed by atoms with Crippen molar-refractivity contribution >= 4 is 42.3 Å². The minimum Gasteiger partial charge on any atom is -0.208 e. The van der Waals surface area contributed by atoms with Gasteiger partial charge in [-0.25, -0.2) is 15.0 Å². The van der Waals surface area contributed by atoms with Crippen LogP contribution in [0.5, 0.6) is 0 Å². The van der Waals surface area contributed by atoms with Crippen LogP contribution in [0.4, 0.5) is 0 Å². The fourth-order valence-corrected chi connectivity index (χ4v) is 8.64. The highest BCUT2D eigenvalue weighted by Gasteiger charge is 2.46. The molecule has 0 aliphatic heterocycles. The maximum Gasteiger partial charge on any atom is 0.164 e. The van der Waals surface area contributed by atoms with E-state index in [-0.39, 0.29) is 10.8 Å². The first kappa shape index (κ1) is 28.1. The van der Waals surface area contributed by atoms with Crippen molar-refractivity contribution in [2.75, 3.05) is 0 Å². The molecule has 0 amide bonds. The second-order valence-electron chi connectivity index (χ2n) is 13.7. The second kappa shape index (κ2) is 10.2. The Hall–Kier alpha value is -5.19. The van der Waals surface area contributed by atoms with Crippen molar-refractivity contribution in [3.05, 3.63) is 139 Å². The molecule has 0 bridgehead atoms. The topological polar surface area (TPSA) is 38.7 Å². The van der Waals surface area contributed by atoms with E-state index in [1.54, 1.807) is 0 Å². The Labute approximate surface area is 278 Å². The van der Waals surface area contributed by atoms with Crippen LogP contribution in [0.15, 0.2) is 127 Å². The molecule has 4 heteroatoms. The molecule has 0 saturated heterocycles. The average Bonchev–Trinajstić information content (AvgIpc) is 3.49. The fraction of sp³-hybridized carbons (Fsp3) is 0.140. The third kappa shape index (κ3) is 4.14. The molecule has 2 aromatic heterocycles. The van der Waals surface area contributed by atoms with E-state index in [2.05, 4.69) is 155 Å². The summed E-state index contributed by atoms with van der Waals surface area (Å²) in [4.78, 5) is 15.9. The van der Waals surface area contributed by atoms with Crippen LogP contribution in [0.25, 0.3) is 76.2 Å². The molecule has 0 N–H and O–H groups in total. The summed E-state index contributed by atoms with van der Waals surface area (Å²) in [6.07, 6.45) is 0. The molecule has 2 heterocycles. The Bertz CT molecular complexity index is 2540. The highest BCUT2D eigenvalue weighted by atomic mass is 32.1. The first-order valence-electron chi connectivity index (χ1n) is 16.2. The number of benzene rings is 6. The Balaban J connectivity index is 1.36. The lowest BCUT2D eigenvalue weighted by atomic mass is 9.55. The van der Waals surface area contributed by atoms with Crippen LogP contribution in [0.3, 0.4) is 0 Å². The molecule has 0 unspecified atom stereocenters. The maximum atomic E-state index is 5.35. The largest absolute Gasteiger partial charge is 0.208 e. The van der Waals surface area contributed by atoms with Gasteiger partial charge in [0.05, 0.1) is 0 Å². The van der Waals surface area contributed by atoms with E-state index in [1.807, 2.05) is 11.3 Å². The normalized spacial score (nSPS) is 14.7. The van der Waals surface area contributed by atoms with Gasteiger partial charge in [0.15, 0.2) is 17.5 Å². The van der Waals surface area contributed by atoms with E-state index < -0.39 is 0 Å². The Morgan fingerprint density at radius 1 is 0.468 bits per heavy atom. The lowest BCUT2D eigenvalue weighted by Gasteiger charge is -2.48. The molecule has 1 aliphatic carbocycles. The van der Waals surface area contributed by atoms with Gasteiger partial charge in [0.25, 0.3) is 0 Å². The zero-order valence-electron chi connectivity index (χ0n) is 26.9. The molecule has 0 fully saturated rings. The highest BCUT2D eigenvalue weighted by Crippen LogP contribution is 2.55. The SMILES string of the molecule is CC1(C)c2ccccc2-c2c(-c3nc(-c4ccc5ccccc5c4)nc(-c4cccc5sc6ccccc6c45)n3)cccc2C1(C)C. The molecule has 0 radical (unpaired) electrons. The average molecular weight is 624 g/mol. The van der Waals surface area contributed by atoms with E-state index in [1.165, 1.54) is 47.8 Å². The van der Waals surface area contributed by atoms with Crippen LogP contribution >= 0.6 is 11.3 Å². The molecule has 6 aromatic carbocycles. The minimum absolute atomic E-state index is 0.0641. The van der Waals surface area contributed by atoms with E-state index in [9.17, 15) is 0 Å². The van der Waals surface area contributed by atoms with Crippen molar-refractivity contribution in [2.24, 2.45) is 0 Å². The number of hydrogen-bond donors (Lipinski definition) is 0. The highest BCUT2D eigenvalue weighted by molar-refractivity contribution is 7.25. The van der Waals surface area contributed by atoms with Gasteiger partial charge in [-0.3, -0.25) is 0 Å². The molecule has 1 aliphatic rings. The molecule has 0 spiro atoms. The van der Waals surface area contributed by atoms with Crippen LogP contribution in [0.2, 0.25) is 0 Å². The van der Waals surface area contributed by atoms with E-state index in [4.69, 9.17) is 15.0 Å². The van der Waals surface area contributed by atoms with Crippen molar-refractivity contribution in [3.63, 3.8) is 0 Å². The van der Waals surface area contributed by atoms with E-state index in [0.29, 0.717) is 17.5 Å². The molecular formula is C43H33N3S. The molecule has 9 rings (SSSR count). The van der Waals surface area contributed by atoms with Crippen LogP contribution in [-0.2, 0) is 10.8 Å². The van der Waals surface area contributed by atoms with Crippen molar-refractivity contribution in [1.82, 2.24) is 15.0 Å². The van der Waals surface area contributed by atoms with E-state index >= 15 is 0 Å². The van der Waals surface area contributed by atoms with Crippen molar-refractivity contribution < 1.29 is 0 Å². The van der Waals surface area contributed by atoms with Gasteiger partial charge in [-0.2, -0.15) is 0 Å². The van der Waals surface area contributed by atoms with Gasteiger partial charge < -0.3 is 0 Å². The molecule has 226 valence electrons. The summed E-state index contributed by atoms with van der Waals surface area (Å²) in [6.45, 7) is 9.47. The lowest BCUT2D eigenvalue weighted by Crippen LogP contribution is -2.43. The Kier molecular flexibility index (Phi) is 6.06. The van der Waals surface area contributed by atoms with Gasteiger partial charge in [0.1, 0.15) is 0 Å². The molecule has 3 nitrogen and oxygen atoms in total. The summed E-state index contributed by atoms with van der Waals surface area (Å²) in [5.41, 5.74) is 7.99. The molecule has 0 atom stereocenters. The smallest absolute Gasteiger partial charge is 0.164 e. The summed E-state index contributed by atoms with van der Waals surface area (Å²) in [6, 6.07) is 45.5. The van der Waals surface area contributed by atoms with Gasteiger partial charge >= 0.3 is 0 Å². The molecule has 47 heavy (non-hydrogen) atoms. The van der Waals surface area contributed by atoms with Gasteiger partial charge in [0, 0.05) is 36.9 Å². The van der Waals surface area contributed by atoms with Crippen molar-refractivity contribution in [2.45, 2.75) is 38.5 Å². The number of aromatic nitrogens is 3. The van der Waals surface area contributed by atoms with Crippen molar-refractivity contribution in [1.29, 1.82) is 0 Å². The number of fused-ring (bicyclic) bond motifs is 7. The minimum atomic E-state index is -0.120. The maximum absolute atomic E-state index is 5.35. The summed E-state index contributed by atoms with van der Waals surface area (Å²) in [5.74, 6) is 2.05. The second-order valence-corrected chi connectivity index (χ2v) is 14.8. The van der Waals surface area contributed by atoms with Crippen LogP contribution in [0.1, 0.15) is 38.8 Å². The zero-order valence-corrected chi connectivity index (χ0v) is 27.7. The number of thiophene rings is 1. The molecule has 0 saturated carbocycles. The van der Waals surface area contributed by atoms with Crippen molar-refractivity contribution in [3.8, 4) is 45.3 Å². The zero-order chi connectivity index (χ0) is 31.9. The van der Waals surface area contributed by atoms with Crippen LogP contribution in [0, 0.1) is 0 Å². The van der Waals surface area contributed by atoms with Gasteiger partial charge in [-0.1, -0.05) is 137 Å². The summed E-state index contributed by atoms with van der Waals surface area (Å²) in [5, 5.41) is 4.78. The predicted molar refractivity (Wildman–Crippen MR) is 198 cm³/mol. The number of nitrogens with zero attached hydrogens (tertiary/aromatic N) is 3. The number of rotatable bonds is 3. The summed E-state index contributed by atoms with van der Waals surface area (Å²) >= 11 is 1.81. The third-order valence-electron chi connectivity index (χ3n) is 10.7. The Morgan fingerprint density at radius 2 is 1.06 bits per heavy atom. The molecule has 8 aromatic rings. The standard InChI is InChI=1S/C43H33N3S/c1-42(2)33-19-9-7-15-29(33)37-31(17-11-20-34(37)43(42,3)4)40-44-39(28-24-23-26-13-5-6-14-27(26)25-28)45-41(46-40)32-18-12-22-36-38(32)30-16-8-10-21-35(30)47-36/h5-25H,1-4H3. The van der Waals surface area contributed by atoms with Gasteiger partial charge in [-0.15, -0.1) is 11.3 Å².